The number of hydrogen-bond acceptors (Lipinski definition) is 4. The zero-order valence-electron chi connectivity index (χ0n) is 15.6. The second-order valence-electron chi connectivity index (χ2n) is 7.77. The quantitative estimate of drug-likeness (QED) is 0.640. The number of benzene rings is 1. The molecule has 6 nitrogen and oxygen atoms in total. The highest BCUT2D eigenvalue weighted by Gasteiger charge is 2.38. The van der Waals surface area contributed by atoms with Crippen molar-refractivity contribution in [2.45, 2.75) is 63.8 Å². The van der Waals surface area contributed by atoms with E-state index in [1.54, 1.807) is 19.1 Å². The molecule has 1 saturated heterocycles. The largest absolute Gasteiger partial charge is 0.350 e. The average molecular weight is 359 g/mol. The van der Waals surface area contributed by atoms with Crippen LogP contribution in [0.1, 0.15) is 67.3 Å². The number of hydrogen-bond donors (Lipinski definition) is 1. The Hall–Kier alpha value is -1.95. The third-order valence-electron chi connectivity index (χ3n) is 6.06. The Kier molecular flexibility index (Phi) is 5.91. The molecule has 1 aliphatic carbocycles. The van der Waals surface area contributed by atoms with E-state index in [-0.39, 0.29) is 17.1 Å². The molecule has 3 rings (SSSR count). The predicted octanol–water partition coefficient (Wildman–Crippen LogP) is 3.82. The normalized spacial score (nSPS) is 20.5. The number of nitro benzene ring substituents is 1. The number of rotatable bonds is 5. The number of aryl methyl sites for hydroxylation is 1. The molecule has 0 spiro atoms. The molecule has 0 bridgehead atoms. The van der Waals surface area contributed by atoms with E-state index >= 15 is 0 Å². The fourth-order valence-corrected chi connectivity index (χ4v) is 4.48. The van der Waals surface area contributed by atoms with Crippen LogP contribution in [0, 0.1) is 17.0 Å². The summed E-state index contributed by atoms with van der Waals surface area (Å²) in [4.78, 5) is 25.9. The predicted molar refractivity (Wildman–Crippen MR) is 101 cm³/mol. The number of nitro groups is 1. The molecule has 1 heterocycles. The summed E-state index contributed by atoms with van der Waals surface area (Å²) in [6, 6.07) is 4.71. The number of likely N-dealkylation sites (tertiary alicyclic amines) is 1. The van der Waals surface area contributed by atoms with Gasteiger partial charge in [0.15, 0.2) is 0 Å². The standard InChI is InChI=1S/C20H29N3O3/c1-16-8-9-17(14-18(16)23(25)26)19(24)21-15-20(10-4-2-5-11-20)22-12-6-3-7-13-22/h8-9,14H,2-7,10-13,15H2,1H3,(H,21,24). The minimum Gasteiger partial charge on any atom is -0.350 e. The SMILES string of the molecule is Cc1ccc(C(=O)NCC2(N3CCCCC3)CCCCC2)cc1[N+](=O)[O-]. The summed E-state index contributed by atoms with van der Waals surface area (Å²) in [5, 5.41) is 14.2. The highest BCUT2D eigenvalue weighted by Crippen LogP contribution is 2.35. The van der Waals surface area contributed by atoms with Crippen molar-refractivity contribution in [2.75, 3.05) is 19.6 Å². The van der Waals surface area contributed by atoms with Gasteiger partial charge < -0.3 is 5.32 Å². The van der Waals surface area contributed by atoms with Crippen molar-refractivity contribution in [1.29, 1.82) is 0 Å². The maximum absolute atomic E-state index is 12.6. The van der Waals surface area contributed by atoms with Gasteiger partial charge in [-0.05, 0) is 51.8 Å². The molecule has 6 heteroatoms. The summed E-state index contributed by atoms with van der Waals surface area (Å²) in [6.45, 7) is 4.55. The van der Waals surface area contributed by atoms with Gasteiger partial charge in [0.2, 0.25) is 0 Å². The maximum Gasteiger partial charge on any atom is 0.273 e. The first-order valence-corrected chi connectivity index (χ1v) is 9.80. The molecule has 2 fully saturated rings. The molecule has 1 saturated carbocycles. The van der Waals surface area contributed by atoms with Gasteiger partial charge in [0.1, 0.15) is 0 Å². The summed E-state index contributed by atoms with van der Waals surface area (Å²) in [6.07, 6.45) is 9.72. The second-order valence-corrected chi connectivity index (χ2v) is 7.77. The molecule has 1 aromatic rings. The summed E-state index contributed by atoms with van der Waals surface area (Å²) < 4.78 is 0. The van der Waals surface area contributed by atoms with Gasteiger partial charge in [-0.3, -0.25) is 19.8 Å². The van der Waals surface area contributed by atoms with E-state index in [4.69, 9.17) is 0 Å². The molecule has 0 unspecified atom stereocenters. The molecule has 0 aromatic heterocycles. The summed E-state index contributed by atoms with van der Waals surface area (Å²) in [5.74, 6) is -0.213. The lowest BCUT2D eigenvalue weighted by Crippen LogP contribution is -2.58. The Morgan fingerprint density at radius 2 is 1.81 bits per heavy atom. The fraction of sp³-hybridized carbons (Fsp3) is 0.650. The van der Waals surface area contributed by atoms with Crippen LogP contribution in [-0.4, -0.2) is 40.9 Å². The Bertz CT molecular complexity index is 662. The first-order chi connectivity index (χ1) is 12.5. The molecule has 2 aliphatic rings. The van der Waals surface area contributed by atoms with Crippen molar-refractivity contribution < 1.29 is 9.72 Å². The van der Waals surface area contributed by atoms with Gasteiger partial charge in [0.25, 0.3) is 11.6 Å². The van der Waals surface area contributed by atoms with Crippen LogP contribution in [0.2, 0.25) is 0 Å². The van der Waals surface area contributed by atoms with Crippen LogP contribution in [-0.2, 0) is 0 Å². The minimum absolute atomic E-state index is 0.000982. The molecular formula is C20H29N3O3. The van der Waals surface area contributed by atoms with Crippen molar-refractivity contribution in [2.24, 2.45) is 0 Å². The maximum atomic E-state index is 12.6. The van der Waals surface area contributed by atoms with Crippen LogP contribution >= 0.6 is 0 Å². The van der Waals surface area contributed by atoms with E-state index < -0.39 is 4.92 Å². The molecule has 1 N–H and O–H groups in total. The van der Waals surface area contributed by atoms with E-state index in [1.165, 1.54) is 44.6 Å². The number of carbonyl (C=O) groups is 1. The third kappa shape index (κ3) is 4.06. The summed E-state index contributed by atoms with van der Waals surface area (Å²) in [5.41, 5.74) is 1.00. The van der Waals surface area contributed by atoms with Crippen molar-refractivity contribution in [3.8, 4) is 0 Å². The molecule has 1 aromatic carbocycles. The van der Waals surface area contributed by atoms with Crippen LogP contribution in [0.25, 0.3) is 0 Å². The molecule has 26 heavy (non-hydrogen) atoms. The van der Waals surface area contributed by atoms with Gasteiger partial charge >= 0.3 is 0 Å². The number of carbonyl (C=O) groups excluding carboxylic acids is 1. The van der Waals surface area contributed by atoms with Crippen LogP contribution in [0.4, 0.5) is 5.69 Å². The minimum atomic E-state index is -0.428. The lowest BCUT2D eigenvalue weighted by molar-refractivity contribution is -0.385. The van der Waals surface area contributed by atoms with Crippen LogP contribution < -0.4 is 5.32 Å². The molecule has 142 valence electrons. The van der Waals surface area contributed by atoms with Gasteiger partial charge in [-0.1, -0.05) is 31.7 Å². The van der Waals surface area contributed by atoms with Crippen molar-refractivity contribution in [3.05, 3.63) is 39.4 Å². The molecule has 0 radical (unpaired) electrons. The second kappa shape index (κ2) is 8.16. The van der Waals surface area contributed by atoms with Gasteiger partial charge in [0.05, 0.1) is 4.92 Å². The number of piperidine rings is 1. The van der Waals surface area contributed by atoms with Crippen molar-refractivity contribution >= 4 is 11.6 Å². The Balaban J connectivity index is 1.71. The number of amides is 1. The highest BCUT2D eigenvalue weighted by molar-refractivity contribution is 5.95. The molecule has 1 aliphatic heterocycles. The summed E-state index contributed by atoms with van der Waals surface area (Å²) >= 11 is 0. The van der Waals surface area contributed by atoms with E-state index in [2.05, 4.69) is 10.2 Å². The third-order valence-corrected chi connectivity index (χ3v) is 6.06. The lowest BCUT2D eigenvalue weighted by atomic mass is 9.79. The molecule has 0 atom stereocenters. The van der Waals surface area contributed by atoms with Crippen LogP contribution in [0.15, 0.2) is 18.2 Å². The zero-order valence-corrected chi connectivity index (χ0v) is 15.6. The van der Waals surface area contributed by atoms with Crippen molar-refractivity contribution in [3.63, 3.8) is 0 Å². The Morgan fingerprint density at radius 3 is 2.46 bits per heavy atom. The topological polar surface area (TPSA) is 75.5 Å². The monoisotopic (exact) mass is 359 g/mol. The molecular weight excluding hydrogens is 330 g/mol. The highest BCUT2D eigenvalue weighted by atomic mass is 16.6. The van der Waals surface area contributed by atoms with Gasteiger partial charge in [-0.25, -0.2) is 0 Å². The summed E-state index contributed by atoms with van der Waals surface area (Å²) in [7, 11) is 0. The van der Waals surface area contributed by atoms with E-state index in [1.807, 2.05) is 0 Å². The average Bonchev–Trinajstić information content (AvgIpc) is 2.67. The smallest absolute Gasteiger partial charge is 0.273 e. The van der Waals surface area contributed by atoms with Gasteiger partial charge in [0, 0.05) is 29.3 Å². The van der Waals surface area contributed by atoms with E-state index in [0.717, 1.165) is 25.9 Å². The van der Waals surface area contributed by atoms with Gasteiger partial charge in [-0.2, -0.15) is 0 Å². The first kappa shape index (κ1) is 18.8. The number of nitrogens with zero attached hydrogens (tertiary/aromatic N) is 2. The lowest BCUT2D eigenvalue weighted by Gasteiger charge is -2.48. The van der Waals surface area contributed by atoms with E-state index in [0.29, 0.717) is 17.7 Å². The van der Waals surface area contributed by atoms with Crippen LogP contribution in [0.3, 0.4) is 0 Å². The zero-order chi connectivity index (χ0) is 18.6. The van der Waals surface area contributed by atoms with Gasteiger partial charge in [-0.15, -0.1) is 0 Å². The molecule has 1 amide bonds. The van der Waals surface area contributed by atoms with Crippen LogP contribution in [0.5, 0.6) is 0 Å². The van der Waals surface area contributed by atoms with E-state index in [9.17, 15) is 14.9 Å². The Labute approximate surface area is 155 Å². The Morgan fingerprint density at radius 1 is 1.15 bits per heavy atom. The van der Waals surface area contributed by atoms with Crippen molar-refractivity contribution in [1.82, 2.24) is 10.2 Å². The fourth-order valence-electron chi connectivity index (χ4n) is 4.48. The first-order valence-electron chi connectivity index (χ1n) is 9.80. The number of nitrogens with one attached hydrogen (secondary N) is 1.